The van der Waals surface area contributed by atoms with Gasteiger partial charge in [0.2, 0.25) is 0 Å². The van der Waals surface area contributed by atoms with Crippen LogP contribution in [-0.2, 0) is 5.92 Å². The molecule has 1 heterocycles. The zero-order valence-electron chi connectivity index (χ0n) is 11.7. The summed E-state index contributed by atoms with van der Waals surface area (Å²) in [5, 5.41) is 15.1. The zero-order valence-corrected chi connectivity index (χ0v) is 11.7. The molecule has 5 nitrogen and oxygen atoms in total. The number of aromatic amines is 1. The average molecular weight is 296 g/mol. The number of aryl methyl sites for hydroxylation is 1. The average Bonchev–Trinajstić information content (AvgIpc) is 2.86. The van der Waals surface area contributed by atoms with Gasteiger partial charge in [-0.3, -0.25) is 5.10 Å². The fourth-order valence-electron chi connectivity index (χ4n) is 2.08. The van der Waals surface area contributed by atoms with Crippen LogP contribution in [-0.4, -0.2) is 28.4 Å². The van der Waals surface area contributed by atoms with Crippen LogP contribution in [0, 0.1) is 6.92 Å². The number of rotatable bonds is 4. The van der Waals surface area contributed by atoms with E-state index >= 15 is 0 Å². The molecule has 112 valence electrons. The lowest BCUT2D eigenvalue weighted by Gasteiger charge is -2.18. The number of methoxy groups -OCH3 is 1. The van der Waals surface area contributed by atoms with Gasteiger partial charge in [0.1, 0.15) is 11.4 Å². The number of alkyl halides is 2. The summed E-state index contributed by atoms with van der Waals surface area (Å²) in [4.78, 5) is 10.9. The van der Waals surface area contributed by atoms with Crippen molar-refractivity contribution in [2.75, 3.05) is 7.11 Å². The molecule has 1 aromatic carbocycles. The van der Waals surface area contributed by atoms with Gasteiger partial charge in [0.05, 0.1) is 18.4 Å². The highest BCUT2D eigenvalue weighted by atomic mass is 19.3. The van der Waals surface area contributed by atoms with Crippen LogP contribution in [0.2, 0.25) is 0 Å². The van der Waals surface area contributed by atoms with E-state index in [0.29, 0.717) is 11.1 Å². The third-order valence-corrected chi connectivity index (χ3v) is 2.99. The fourth-order valence-corrected chi connectivity index (χ4v) is 2.08. The Morgan fingerprint density at radius 3 is 2.52 bits per heavy atom. The van der Waals surface area contributed by atoms with Gasteiger partial charge >= 0.3 is 5.97 Å². The first kappa shape index (κ1) is 15.0. The first-order chi connectivity index (χ1) is 9.74. The van der Waals surface area contributed by atoms with Crippen LogP contribution >= 0.6 is 0 Å². The first-order valence-corrected chi connectivity index (χ1v) is 6.10. The van der Waals surface area contributed by atoms with Crippen LogP contribution in [0.15, 0.2) is 18.2 Å². The molecule has 0 amide bonds. The molecule has 0 fully saturated rings. The summed E-state index contributed by atoms with van der Waals surface area (Å²) < 4.78 is 32.5. The number of nitrogens with zero attached hydrogens (tertiary/aromatic N) is 1. The molecule has 0 aliphatic carbocycles. The Morgan fingerprint density at radius 2 is 2.05 bits per heavy atom. The van der Waals surface area contributed by atoms with Gasteiger partial charge in [-0.15, -0.1) is 0 Å². The molecule has 0 aliphatic heterocycles. The minimum Gasteiger partial charge on any atom is -0.496 e. The summed E-state index contributed by atoms with van der Waals surface area (Å²) >= 11 is 0. The molecular weight excluding hydrogens is 282 g/mol. The van der Waals surface area contributed by atoms with E-state index < -0.39 is 11.9 Å². The Kier molecular flexibility index (Phi) is 3.67. The van der Waals surface area contributed by atoms with Crippen molar-refractivity contribution in [2.45, 2.75) is 19.8 Å². The summed E-state index contributed by atoms with van der Waals surface area (Å²) in [5.74, 6) is -4.28. The molecule has 2 aromatic rings. The van der Waals surface area contributed by atoms with Gasteiger partial charge in [0.15, 0.2) is 0 Å². The SMILES string of the molecule is COc1c(-c2cc(C(=O)O)[nH]n2)cc(C)cc1C(C)(F)F. The predicted molar refractivity (Wildman–Crippen MR) is 71.8 cm³/mol. The topological polar surface area (TPSA) is 75.2 Å². The summed E-state index contributed by atoms with van der Waals surface area (Å²) in [6, 6.07) is 4.24. The number of nitrogens with one attached hydrogen (secondary N) is 1. The quantitative estimate of drug-likeness (QED) is 0.908. The molecule has 21 heavy (non-hydrogen) atoms. The van der Waals surface area contributed by atoms with Gasteiger partial charge in [-0.1, -0.05) is 0 Å². The van der Waals surface area contributed by atoms with E-state index in [-0.39, 0.29) is 22.7 Å². The minimum atomic E-state index is -3.09. The number of hydrogen-bond acceptors (Lipinski definition) is 3. The largest absolute Gasteiger partial charge is 0.496 e. The summed E-state index contributed by atoms with van der Waals surface area (Å²) in [5.41, 5.74) is 0.761. The van der Waals surface area contributed by atoms with Gasteiger partial charge in [-0.05, 0) is 30.7 Å². The Morgan fingerprint density at radius 1 is 1.38 bits per heavy atom. The minimum absolute atomic E-state index is 0.0171. The molecule has 0 spiro atoms. The summed E-state index contributed by atoms with van der Waals surface area (Å²) in [6.45, 7) is 2.45. The second-order valence-electron chi connectivity index (χ2n) is 4.75. The molecule has 0 atom stereocenters. The van der Waals surface area contributed by atoms with Crippen molar-refractivity contribution >= 4 is 5.97 Å². The molecule has 7 heteroatoms. The number of halogens is 2. The van der Waals surface area contributed by atoms with Crippen LogP contribution in [0.1, 0.15) is 28.5 Å². The number of carboxylic acids is 1. The van der Waals surface area contributed by atoms with E-state index in [1.165, 1.54) is 19.2 Å². The molecular formula is C14H14F2N2O3. The molecule has 0 radical (unpaired) electrons. The maximum absolute atomic E-state index is 13.7. The Bertz CT molecular complexity index is 690. The molecule has 2 N–H and O–H groups in total. The van der Waals surface area contributed by atoms with Crippen LogP contribution in [0.25, 0.3) is 11.3 Å². The summed E-state index contributed by atoms with van der Waals surface area (Å²) in [6.07, 6.45) is 0. The van der Waals surface area contributed by atoms with E-state index in [1.807, 2.05) is 0 Å². The number of aromatic nitrogens is 2. The number of H-pyrrole nitrogens is 1. The fraction of sp³-hybridized carbons (Fsp3) is 0.286. The monoisotopic (exact) mass is 296 g/mol. The Hall–Kier alpha value is -2.44. The lowest BCUT2D eigenvalue weighted by Crippen LogP contribution is -2.10. The maximum atomic E-state index is 13.7. The molecule has 0 saturated carbocycles. The molecule has 2 rings (SSSR count). The van der Waals surface area contributed by atoms with Gasteiger partial charge < -0.3 is 9.84 Å². The number of carboxylic acid groups (broad SMARTS) is 1. The Balaban J connectivity index is 2.67. The third kappa shape index (κ3) is 2.86. The number of carbonyl (C=O) groups is 1. The van der Waals surface area contributed by atoms with Crippen LogP contribution in [0.5, 0.6) is 5.75 Å². The highest BCUT2D eigenvalue weighted by Gasteiger charge is 2.31. The lowest BCUT2D eigenvalue weighted by atomic mass is 9.98. The highest BCUT2D eigenvalue weighted by Crippen LogP contribution is 2.41. The van der Waals surface area contributed by atoms with Gasteiger partial charge in [0.25, 0.3) is 5.92 Å². The highest BCUT2D eigenvalue weighted by molar-refractivity contribution is 5.87. The number of hydrogen-bond donors (Lipinski definition) is 2. The van der Waals surface area contributed by atoms with Gasteiger partial charge in [-0.25, -0.2) is 13.6 Å². The van der Waals surface area contributed by atoms with Crippen molar-refractivity contribution in [1.82, 2.24) is 10.2 Å². The summed E-state index contributed by atoms with van der Waals surface area (Å²) in [7, 11) is 1.29. The number of benzene rings is 1. The van der Waals surface area contributed by atoms with E-state index in [4.69, 9.17) is 9.84 Å². The van der Waals surface area contributed by atoms with Gasteiger partial charge in [0, 0.05) is 12.5 Å². The van der Waals surface area contributed by atoms with Crippen molar-refractivity contribution in [3.63, 3.8) is 0 Å². The standard InChI is InChI=1S/C14H14F2N2O3/c1-7-4-8(10-6-11(13(19)20)18-17-10)12(21-3)9(5-7)14(2,15)16/h4-6H,1-3H3,(H,17,18)(H,19,20). The van der Waals surface area contributed by atoms with E-state index in [9.17, 15) is 13.6 Å². The van der Waals surface area contributed by atoms with Crippen molar-refractivity contribution < 1.29 is 23.4 Å². The maximum Gasteiger partial charge on any atom is 0.353 e. The van der Waals surface area contributed by atoms with Crippen molar-refractivity contribution in [3.05, 3.63) is 35.0 Å². The molecule has 0 aliphatic rings. The van der Waals surface area contributed by atoms with Crippen molar-refractivity contribution in [1.29, 1.82) is 0 Å². The first-order valence-electron chi connectivity index (χ1n) is 6.10. The van der Waals surface area contributed by atoms with Crippen LogP contribution < -0.4 is 4.74 Å². The second kappa shape index (κ2) is 5.16. The number of aromatic carboxylic acids is 1. The molecule has 0 unspecified atom stereocenters. The normalized spacial score (nSPS) is 11.5. The van der Waals surface area contributed by atoms with E-state index in [2.05, 4.69) is 10.2 Å². The van der Waals surface area contributed by atoms with Crippen LogP contribution in [0.3, 0.4) is 0 Å². The van der Waals surface area contributed by atoms with Crippen LogP contribution in [0.4, 0.5) is 8.78 Å². The third-order valence-electron chi connectivity index (χ3n) is 2.99. The molecule has 0 bridgehead atoms. The number of ether oxygens (including phenoxy) is 1. The lowest BCUT2D eigenvalue weighted by molar-refractivity contribution is 0.0151. The predicted octanol–water partition coefficient (Wildman–Crippen LogP) is 3.20. The van der Waals surface area contributed by atoms with E-state index in [1.54, 1.807) is 13.0 Å². The van der Waals surface area contributed by atoms with E-state index in [0.717, 1.165) is 6.92 Å². The zero-order chi connectivity index (χ0) is 15.8. The van der Waals surface area contributed by atoms with Crippen molar-refractivity contribution in [2.24, 2.45) is 0 Å². The molecule has 1 aromatic heterocycles. The molecule has 0 saturated heterocycles. The smallest absolute Gasteiger partial charge is 0.353 e. The second-order valence-corrected chi connectivity index (χ2v) is 4.75. The van der Waals surface area contributed by atoms with Crippen molar-refractivity contribution in [3.8, 4) is 17.0 Å². The van der Waals surface area contributed by atoms with Gasteiger partial charge in [-0.2, -0.15) is 5.10 Å². The Labute approximate surface area is 119 Å².